The lowest BCUT2D eigenvalue weighted by molar-refractivity contribution is -0.133. The zero-order valence-electron chi connectivity index (χ0n) is 14.2. The highest BCUT2D eigenvalue weighted by Crippen LogP contribution is 2.32. The summed E-state index contributed by atoms with van der Waals surface area (Å²) in [4.78, 5) is 18.8. The second-order valence-electron chi connectivity index (χ2n) is 6.42. The van der Waals surface area contributed by atoms with Crippen LogP contribution in [0.2, 0.25) is 0 Å². The lowest BCUT2D eigenvalue weighted by Gasteiger charge is -2.22. The predicted octanol–water partition coefficient (Wildman–Crippen LogP) is 2.96. The number of oxazole rings is 1. The van der Waals surface area contributed by atoms with Crippen LogP contribution in [0.1, 0.15) is 36.1 Å². The van der Waals surface area contributed by atoms with Gasteiger partial charge in [-0.2, -0.15) is 5.10 Å². The fourth-order valence-corrected chi connectivity index (χ4v) is 3.31. The van der Waals surface area contributed by atoms with Crippen LogP contribution in [0.5, 0.6) is 0 Å². The highest BCUT2D eigenvalue weighted by atomic mass is 19.1. The van der Waals surface area contributed by atoms with Gasteiger partial charge in [-0.25, -0.2) is 9.37 Å². The number of carbonyl (C=O) groups excluding carboxylic acids is 1. The summed E-state index contributed by atoms with van der Waals surface area (Å²) in [5.41, 5.74) is 0.951. The van der Waals surface area contributed by atoms with Crippen molar-refractivity contribution in [2.45, 2.75) is 31.8 Å². The Labute approximate surface area is 150 Å². The van der Waals surface area contributed by atoms with E-state index in [2.05, 4.69) is 10.1 Å². The van der Waals surface area contributed by atoms with E-state index in [-0.39, 0.29) is 24.3 Å². The predicted molar refractivity (Wildman–Crippen MR) is 91.6 cm³/mol. The molecule has 0 N–H and O–H groups in total. The van der Waals surface area contributed by atoms with E-state index in [0.29, 0.717) is 24.6 Å². The van der Waals surface area contributed by atoms with Crippen molar-refractivity contribution < 1.29 is 13.6 Å². The van der Waals surface area contributed by atoms with Crippen molar-refractivity contribution in [2.75, 3.05) is 6.54 Å². The first-order valence-corrected chi connectivity index (χ1v) is 8.65. The molecular formula is C19H19FN4O2. The Kier molecular flexibility index (Phi) is 4.51. The van der Waals surface area contributed by atoms with E-state index < -0.39 is 0 Å². The molecule has 6 nitrogen and oxygen atoms in total. The van der Waals surface area contributed by atoms with Crippen LogP contribution >= 0.6 is 0 Å². The molecule has 1 aromatic carbocycles. The van der Waals surface area contributed by atoms with E-state index in [4.69, 9.17) is 4.42 Å². The fourth-order valence-electron chi connectivity index (χ4n) is 3.31. The van der Waals surface area contributed by atoms with Crippen molar-refractivity contribution in [1.29, 1.82) is 0 Å². The summed E-state index contributed by atoms with van der Waals surface area (Å²) in [6.07, 6.45) is 7.42. The van der Waals surface area contributed by atoms with Gasteiger partial charge in [0.1, 0.15) is 24.2 Å². The van der Waals surface area contributed by atoms with E-state index in [1.165, 1.54) is 12.1 Å². The Bertz CT molecular complexity index is 873. The van der Waals surface area contributed by atoms with Gasteiger partial charge in [0.05, 0.1) is 6.20 Å². The van der Waals surface area contributed by atoms with Crippen LogP contribution in [0.4, 0.5) is 4.39 Å². The molecule has 1 fully saturated rings. The molecule has 7 heteroatoms. The molecular weight excluding hydrogens is 335 g/mol. The van der Waals surface area contributed by atoms with Crippen LogP contribution < -0.4 is 0 Å². The number of hydrogen-bond donors (Lipinski definition) is 0. The van der Waals surface area contributed by atoms with Gasteiger partial charge >= 0.3 is 0 Å². The summed E-state index contributed by atoms with van der Waals surface area (Å²) in [5.74, 6) is 1.02. The van der Waals surface area contributed by atoms with Gasteiger partial charge in [0.15, 0.2) is 0 Å². The summed E-state index contributed by atoms with van der Waals surface area (Å²) < 4.78 is 20.5. The second kappa shape index (κ2) is 7.11. The molecule has 1 aliphatic heterocycles. The smallest absolute Gasteiger partial charge is 0.244 e. The van der Waals surface area contributed by atoms with E-state index in [0.717, 1.165) is 18.4 Å². The SMILES string of the molecule is O=C(Cn1cccn1)N1CCCC1c1ncc(Cc2ccc(F)cc2)o1. The minimum Gasteiger partial charge on any atom is -0.443 e. The van der Waals surface area contributed by atoms with E-state index in [1.807, 2.05) is 4.90 Å². The maximum Gasteiger partial charge on any atom is 0.244 e. The van der Waals surface area contributed by atoms with Crippen LogP contribution in [0.15, 0.2) is 53.3 Å². The van der Waals surface area contributed by atoms with Crippen molar-refractivity contribution in [2.24, 2.45) is 0 Å². The van der Waals surface area contributed by atoms with Gasteiger partial charge in [-0.3, -0.25) is 9.48 Å². The van der Waals surface area contributed by atoms with Crippen molar-refractivity contribution in [1.82, 2.24) is 19.7 Å². The molecule has 0 bridgehead atoms. The van der Waals surface area contributed by atoms with Crippen molar-refractivity contribution >= 4 is 5.91 Å². The van der Waals surface area contributed by atoms with Crippen LogP contribution in [-0.4, -0.2) is 32.1 Å². The van der Waals surface area contributed by atoms with Gasteiger partial charge in [-0.05, 0) is 36.6 Å². The topological polar surface area (TPSA) is 64.2 Å². The Hall–Kier alpha value is -2.96. The van der Waals surface area contributed by atoms with Crippen LogP contribution in [0.3, 0.4) is 0 Å². The quantitative estimate of drug-likeness (QED) is 0.707. The zero-order chi connectivity index (χ0) is 17.9. The minimum atomic E-state index is -0.260. The summed E-state index contributed by atoms with van der Waals surface area (Å²) in [6, 6.07) is 7.98. The Morgan fingerprint density at radius 3 is 2.92 bits per heavy atom. The first-order valence-electron chi connectivity index (χ1n) is 8.65. The molecule has 3 heterocycles. The molecule has 0 spiro atoms. The van der Waals surface area contributed by atoms with Crippen LogP contribution in [0.25, 0.3) is 0 Å². The highest BCUT2D eigenvalue weighted by molar-refractivity contribution is 5.76. The Morgan fingerprint density at radius 1 is 1.31 bits per heavy atom. The van der Waals surface area contributed by atoms with Gasteiger partial charge in [0.2, 0.25) is 11.8 Å². The normalized spacial score (nSPS) is 17.0. The van der Waals surface area contributed by atoms with E-state index >= 15 is 0 Å². The molecule has 1 amide bonds. The summed E-state index contributed by atoms with van der Waals surface area (Å²) in [7, 11) is 0. The van der Waals surface area contributed by atoms with E-state index in [1.54, 1.807) is 41.5 Å². The van der Waals surface area contributed by atoms with Gasteiger partial charge in [-0.1, -0.05) is 12.1 Å². The number of aromatic nitrogens is 3. The number of halogens is 1. The third-order valence-electron chi connectivity index (χ3n) is 4.58. The summed E-state index contributed by atoms with van der Waals surface area (Å²) >= 11 is 0. The molecule has 0 aliphatic carbocycles. The molecule has 3 aromatic rings. The van der Waals surface area contributed by atoms with Gasteiger partial charge in [-0.15, -0.1) is 0 Å². The van der Waals surface area contributed by atoms with Crippen molar-refractivity contribution in [3.63, 3.8) is 0 Å². The third kappa shape index (κ3) is 3.51. The van der Waals surface area contributed by atoms with Gasteiger partial charge < -0.3 is 9.32 Å². The van der Waals surface area contributed by atoms with E-state index in [9.17, 15) is 9.18 Å². The molecule has 1 saturated heterocycles. The van der Waals surface area contributed by atoms with Crippen molar-refractivity contribution in [3.8, 4) is 0 Å². The van der Waals surface area contributed by atoms with Gasteiger partial charge in [0.25, 0.3) is 0 Å². The largest absolute Gasteiger partial charge is 0.443 e. The maximum absolute atomic E-state index is 13.0. The van der Waals surface area contributed by atoms with Gasteiger partial charge in [0, 0.05) is 25.4 Å². The average molecular weight is 354 g/mol. The second-order valence-corrected chi connectivity index (χ2v) is 6.42. The number of nitrogens with zero attached hydrogens (tertiary/aromatic N) is 4. The number of hydrogen-bond acceptors (Lipinski definition) is 4. The molecule has 134 valence electrons. The number of amides is 1. The lowest BCUT2D eigenvalue weighted by Crippen LogP contribution is -2.33. The molecule has 0 radical (unpaired) electrons. The first kappa shape index (κ1) is 16.5. The number of likely N-dealkylation sites (tertiary alicyclic amines) is 1. The molecule has 1 unspecified atom stereocenters. The van der Waals surface area contributed by atoms with Crippen molar-refractivity contribution in [3.05, 3.63) is 72.0 Å². The zero-order valence-corrected chi connectivity index (χ0v) is 14.2. The molecule has 0 saturated carbocycles. The fraction of sp³-hybridized carbons (Fsp3) is 0.316. The third-order valence-corrected chi connectivity index (χ3v) is 4.58. The summed E-state index contributed by atoms with van der Waals surface area (Å²) in [6.45, 7) is 0.910. The molecule has 4 rings (SSSR count). The standard InChI is InChI=1S/C19H19FN4O2/c20-15-6-4-14(5-7-15)11-16-12-21-19(26-16)17-3-1-10-24(17)18(25)13-23-9-2-8-22-23/h2,4-9,12,17H,1,3,10-11,13H2. The number of carbonyl (C=O) groups is 1. The molecule has 1 aliphatic rings. The molecule has 1 atom stereocenters. The minimum absolute atomic E-state index is 0.00878. The molecule has 26 heavy (non-hydrogen) atoms. The monoisotopic (exact) mass is 354 g/mol. The number of rotatable bonds is 5. The van der Waals surface area contributed by atoms with Crippen LogP contribution in [-0.2, 0) is 17.8 Å². The summed E-state index contributed by atoms with van der Waals surface area (Å²) in [5, 5.41) is 4.09. The lowest BCUT2D eigenvalue weighted by atomic mass is 10.1. The molecule has 2 aromatic heterocycles. The highest BCUT2D eigenvalue weighted by Gasteiger charge is 2.33. The number of benzene rings is 1. The Balaban J connectivity index is 1.45. The first-order chi connectivity index (χ1) is 12.7. The van der Waals surface area contributed by atoms with Crippen LogP contribution in [0, 0.1) is 5.82 Å². The maximum atomic E-state index is 13.0. The Morgan fingerprint density at radius 2 is 2.15 bits per heavy atom. The average Bonchev–Trinajstić information content (AvgIpc) is 3.37.